The molecule has 0 N–H and O–H groups in total. The van der Waals surface area contributed by atoms with E-state index in [1.807, 2.05) is 4.90 Å². The van der Waals surface area contributed by atoms with Crippen molar-refractivity contribution in [1.82, 2.24) is 34.9 Å². The Labute approximate surface area is 131 Å². The molecule has 0 aliphatic carbocycles. The van der Waals surface area contributed by atoms with Crippen LogP contribution in [0.4, 0.5) is 5.95 Å². The Morgan fingerprint density at radius 3 is 2.65 bits per heavy atom. The van der Waals surface area contributed by atoms with Gasteiger partial charge in [0.25, 0.3) is 5.91 Å². The predicted molar refractivity (Wildman–Crippen MR) is 80.9 cm³/mol. The first kappa shape index (κ1) is 13.6. The molecule has 1 fully saturated rings. The highest BCUT2D eigenvalue weighted by Crippen LogP contribution is 2.13. The molecule has 1 aliphatic rings. The highest BCUT2D eigenvalue weighted by molar-refractivity contribution is 5.95. The minimum Gasteiger partial charge on any atom is -0.337 e. The molecule has 0 saturated carbocycles. The first-order valence-corrected chi connectivity index (χ1v) is 7.30. The number of fused-ring (bicyclic) bond motifs is 1. The number of carbonyl (C=O) groups excluding carboxylic acids is 1. The van der Waals surface area contributed by atoms with Crippen LogP contribution in [0.1, 0.15) is 10.4 Å². The van der Waals surface area contributed by atoms with Gasteiger partial charge in [0.15, 0.2) is 5.65 Å². The highest BCUT2D eigenvalue weighted by Gasteiger charge is 2.23. The maximum Gasteiger partial charge on any atom is 0.254 e. The van der Waals surface area contributed by atoms with E-state index in [1.54, 1.807) is 36.8 Å². The minimum absolute atomic E-state index is 0.0101. The molecule has 3 aromatic rings. The number of tetrazole rings is 1. The quantitative estimate of drug-likeness (QED) is 0.651. The number of anilines is 1. The molecule has 0 aromatic carbocycles. The van der Waals surface area contributed by atoms with Gasteiger partial charge >= 0.3 is 0 Å². The molecule has 116 valence electrons. The third kappa shape index (κ3) is 2.56. The number of pyridine rings is 1. The van der Waals surface area contributed by atoms with Crippen LogP contribution in [0.3, 0.4) is 0 Å². The second-order valence-corrected chi connectivity index (χ2v) is 5.23. The van der Waals surface area contributed by atoms with Crippen molar-refractivity contribution in [2.75, 3.05) is 31.1 Å². The molecule has 4 rings (SSSR count). The summed E-state index contributed by atoms with van der Waals surface area (Å²) in [4.78, 5) is 25.0. The summed E-state index contributed by atoms with van der Waals surface area (Å²) in [5.74, 6) is 0.694. The van der Waals surface area contributed by atoms with Crippen molar-refractivity contribution in [2.24, 2.45) is 0 Å². The Morgan fingerprint density at radius 2 is 1.87 bits per heavy atom. The number of aromatic nitrogens is 6. The maximum atomic E-state index is 12.6. The summed E-state index contributed by atoms with van der Waals surface area (Å²) in [7, 11) is 0. The first-order chi connectivity index (χ1) is 11.3. The largest absolute Gasteiger partial charge is 0.337 e. The van der Waals surface area contributed by atoms with Crippen LogP contribution in [0.15, 0.2) is 36.8 Å². The molecular formula is C14H14N8O. The van der Waals surface area contributed by atoms with Crippen LogP contribution in [0.5, 0.6) is 0 Å². The molecule has 0 bridgehead atoms. The van der Waals surface area contributed by atoms with Crippen molar-refractivity contribution in [3.05, 3.63) is 42.4 Å². The fourth-order valence-electron chi connectivity index (χ4n) is 2.62. The van der Waals surface area contributed by atoms with Crippen molar-refractivity contribution in [2.45, 2.75) is 0 Å². The number of nitrogens with zero attached hydrogens (tertiary/aromatic N) is 8. The van der Waals surface area contributed by atoms with E-state index >= 15 is 0 Å². The second-order valence-electron chi connectivity index (χ2n) is 5.23. The fourth-order valence-corrected chi connectivity index (χ4v) is 2.62. The summed E-state index contributed by atoms with van der Waals surface area (Å²) in [6.45, 7) is 2.69. The number of hydrogen-bond donors (Lipinski definition) is 0. The van der Waals surface area contributed by atoms with Gasteiger partial charge in [0.1, 0.15) is 0 Å². The first-order valence-electron chi connectivity index (χ1n) is 7.30. The minimum atomic E-state index is -0.0101. The topological polar surface area (TPSA) is 92.4 Å². The zero-order valence-corrected chi connectivity index (χ0v) is 12.3. The van der Waals surface area contributed by atoms with E-state index in [-0.39, 0.29) is 5.91 Å². The van der Waals surface area contributed by atoms with E-state index in [0.717, 1.165) is 0 Å². The predicted octanol–water partition coefficient (Wildman–Crippen LogP) is -0.123. The summed E-state index contributed by atoms with van der Waals surface area (Å²) in [6, 6.07) is 5.23. The number of rotatable bonds is 2. The summed E-state index contributed by atoms with van der Waals surface area (Å²) in [5.41, 5.74) is 1.16. The van der Waals surface area contributed by atoms with Gasteiger partial charge in [0.2, 0.25) is 5.95 Å². The lowest BCUT2D eigenvalue weighted by Gasteiger charge is -2.34. The number of piperazine rings is 1. The molecule has 0 spiro atoms. The molecule has 1 aliphatic heterocycles. The average Bonchev–Trinajstić information content (AvgIpc) is 3.10. The normalized spacial score (nSPS) is 15.1. The van der Waals surface area contributed by atoms with Gasteiger partial charge in [-0.15, -0.1) is 5.10 Å². The van der Waals surface area contributed by atoms with E-state index in [9.17, 15) is 4.79 Å². The van der Waals surface area contributed by atoms with E-state index in [0.29, 0.717) is 43.3 Å². The van der Waals surface area contributed by atoms with Crippen LogP contribution in [0.25, 0.3) is 5.65 Å². The molecule has 9 heteroatoms. The Hall–Kier alpha value is -3.10. The average molecular weight is 310 g/mol. The van der Waals surface area contributed by atoms with Crippen LogP contribution < -0.4 is 4.90 Å². The van der Waals surface area contributed by atoms with Gasteiger partial charge < -0.3 is 9.80 Å². The van der Waals surface area contributed by atoms with Crippen molar-refractivity contribution in [1.29, 1.82) is 0 Å². The highest BCUT2D eigenvalue weighted by atomic mass is 16.2. The molecule has 9 nitrogen and oxygen atoms in total. The lowest BCUT2D eigenvalue weighted by atomic mass is 10.2. The van der Waals surface area contributed by atoms with Crippen molar-refractivity contribution >= 4 is 17.5 Å². The molecule has 1 amide bonds. The monoisotopic (exact) mass is 310 g/mol. The van der Waals surface area contributed by atoms with Gasteiger partial charge in [-0.05, 0) is 28.6 Å². The van der Waals surface area contributed by atoms with Gasteiger partial charge in [-0.2, -0.15) is 0 Å². The molecule has 23 heavy (non-hydrogen) atoms. The Balaban J connectivity index is 1.46. The molecule has 3 aromatic heterocycles. The Kier molecular flexibility index (Phi) is 3.30. The van der Waals surface area contributed by atoms with Crippen LogP contribution in [0, 0.1) is 0 Å². The third-order valence-electron chi connectivity index (χ3n) is 3.85. The van der Waals surface area contributed by atoms with Gasteiger partial charge in [-0.3, -0.25) is 4.79 Å². The smallest absolute Gasteiger partial charge is 0.254 e. The second kappa shape index (κ2) is 5.59. The molecule has 4 heterocycles. The van der Waals surface area contributed by atoms with Crippen molar-refractivity contribution < 1.29 is 4.79 Å². The molecular weight excluding hydrogens is 296 g/mol. The standard InChI is InChI=1S/C14H14N8O/c23-13(11-2-5-22-12(10-11)17-18-19-22)20-6-8-21(9-7-20)14-15-3-1-4-16-14/h1-5,10H,6-9H2. The fraction of sp³-hybridized carbons (Fsp3) is 0.286. The number of hydrogen-bond acceptors (Lipinski definition) is 7. The molecule has 1 saturated heterocycles. The van der Waals surface area contributed by atoms with Gasteiger partial charge in [-0.25, -0.2) is 14.5 Å². The van der Waals surface area contributed by atoms with E-state index in [2.05, 4.69) is 30.4 Å². The molecule has 0 unspecified atom stereocenters. The van der Waals surface area contributed by atoms with E-state index in [1.165, 1.54) is 4.52 Å². The summed E-state index contributed by atoms with van der Waals surface area (Å²) >= 11 is 0. The van der Waals surface area contributed by atoms with E-state index in [4.69, 9.17) is 0 Å². The third-order valence-corrected chi connectivity index (χ3v) is 3.85. The SMILES string of the molecule is O=C(c1ccn2nnnc2c1)N1CCN(c2ncccn2)CC1. The zero-order chi connectivity index (χ0) is 15.6. The van der Waals surface area contributed by atoms with E-state index < -0.39 is 0 Å². The van der Waals surface area contributed by atoms with Crippen molar-refractivity contribution in [3.63, 3.8) is 0 Å². The van der Waals surface area contributed by atoms with Gasteiger partial charge in [0, 0.05) is 50.3 Å². The number of carbonyl (C=O) groups is 1. The van der Waals surface area contributed by atoms with Crippen LogP contribution >= 0.6 is 0 Å². The Morgan fingerprint density at radius 1 is 1.09 bits per heavy atom. The summed E-state index contributed by atoms with van der Waals surface area (Å²) in [5, 5.41) is 11.2. The molecule has 0 radical (unpaired) electrons. The Bertz CT molecular complexity index is 825. The molecule has 0 atom stereocenters. The number of amides is 1. The van der Waals surface area contributed by atoms with Crippen LogP contribution in [-0.4, -0.2) is 67.0 Å². The zero-order valence-electron chi connectivity index (χ0n) is 12.3. The van der Waals surface area contributed by atoms with Crippen LogP contribution in [-0.2, 0) is 0 Å². The van der Waals surface area contributed by atoms with Crippen LogP contribution in [0.2, 0.25) is 0 Å². The van der Waals surface area contributed by atoms with Crippen molar-refractivity contribution in [3.8, 4) is 0 Å². The van der Waals surface area contributed by atoms with Gasteiger partial charge in [0.05, 0.1) is 0 Å². The van der Waals surface area contributed by atoms with Gasteiger partial charge in [-0.1, -0.05) is 0 Å². The summed E-state index contributed by atoms with van der Waals surface area (Å²) < 4.78 is 1.53. The summed E-state index contributed by atoms with van der Waals surface area (Å²) in [6.07, 6.45) is 5.14. The lowest BCUT2D eigenvalue weighted by molar-refractivity contribution is 0.0746. The lowest BCUT2D eigenvalue weighted by Crippen LogP contribution is -2.49. The maximum absolute atomic E-state index is 12.6.